The molecule has 0 aromatic heterocycles. The average Bonchev–Trinajstić information content (AvgIpc) is 2.85. The molecule has 0 bridgehead atoms. The SMILES string of the molecule is CCOC(=O)[C@H]1CN(C(=O)O)C[C@@H]1c1ccc(Br)cc1. The first-order valence-corrected chi connectivity index (χ1v) is 7.22. The highest BCUT2D eigenvalue weighted by Gasteiger charge is 2.41. The molecule has 1 heterocycles. The summed E-state index contributed by atoms with van der Waals surface area (Å²) in [6.45, 7) is 2.56. The van der Waals surface area contributed by atoms with Crippen molar-refractivity contribution in [2.45, 2.75) is 12.8 Å². The molecule has 1 aromatic carbocycles. The second kappa shape index (κ2) is 6.26. The van der Waals surface area contributed by atoms with Crippen molar-refractivity contribution >= 4 is 28.0 Å². The number of nitrogens with zero attached hydrogens (tertiary/aromatic N) is 1. The summed E-state index contributed by atoms with van der Waals surface area (Å²) in [7, 11) is 0. The molecule has 2 atom stereocenters. The van der Waals surface area contributed by atoms with Gasteiger partial charge in [0.2, 0.25) is 0 Å². The van der Waals surface area contributed by atoms with E-state index in [-0.39, 0.29) is 18.4 Å². The fraction of sp³-hybridized carbons (Fsp3) is 0.429. The lowest BCUT2D eigenvalue weighted by atomic mass is 9.89. The quantitative estimate of drug-likeness (QED) is 0.858. The van der Waals surface area contributed by atoms with Crippen molar-refractivity contribution in [1.29, 1.82) is 0 Å². The maximum Gasteiger partial charge on any atom is 0.407 e. The number of halogens is 1. The molecule has 0 unspecified atom stereocenters. The van der Waals surface area contributed by atoms with Gasteiger partial charge in [-0.25, -0.2) is 4.79 Å². The first-order chi connectivity index (χ1) is 9.52. The summed E-state index contributed by atoms with van der Waals surface area (Å²) < 4.78 is 6.01. The van der Waals surface area contributed by atoms with Crippen LogP contribution in [0.25, 0.3) is 0 Å². The molecule has 1 amide bonds. The Morgan fingerprint density at radius 2 is 2.00 bits per heavy atom. The molecule has 0 radical (unpaired) electrons. The Kier molecular flexibility index (Phi) is 4.65. The number of likely N-dealkylation sites (tertiary alicyclic amines) is 1. The van der Waals surface area contributed by atoms with E-state index in [2.05, 4.69) is 15.9 Å². The molecule has 0 aliphatic carbocycles. The Bertz CT molecular complexity index is 502. The number of carbonyl (C=O) groups excluding carboxylic acids is 1. The average molecular weight is 342 g/mol. The lowest BCUT2D eigenvalue weighted by Gasteiger charge is -2.16. The molecule has 1 fully saturated rings. The van der Waals surface area contributed by atoms with Crippen LogP contribution in [0.3, 0.4) is 0 Å². The lowest BCUT2D eigenvalue weighted by molar-refractivity contribution is -0.147. The fourth-order valence-electron chi connectivity index (χ4n) is 2.50. The zero-order valence-electron chi connectivity index (χ0n) is 11.1. The molecular formula is C14H16BrNO4. The van der Waals surface area contributed by atoms with Crippen LogP contribution in [0.2, 0.25) is 0 Å². The van der Waals surface area contributed by atoms with E-state index in [0.29, 0.717) is 13.2 Å². The summed E-state index contributed by atoms with van der Waals surface area (Å²) in [5.74, 6) is -0.922. The Morgan fingerprint density at radius 1 is 1.35 bits per heavy atom. The molecule has 1 aliphatic heterocycles. The zero-order chi connectivity index (χ0) is 14.7. The van der Waals surface area contributed by atoms with Gasteiger partial charge in [0.1, 0.15) is 0 Å². The molecule has 20 heavy (non-hydrogen) atoms. The monoisotopic (exact) mass is 341 g/mol. The molecule has 5 nitrogen and oxygen atoms in total. The maximum absolute atomic E-state index is 12.0. The molecule has 1 saturated heterocycles. The van der Waals surface area contributed by atoms with Gasteiger partial charge in [0.25, 0.3) is 0 Å². The van der Waals surface area contributed by atoms with Crippen molar-refractivity contribution in [3.05, 3.63) is 34.3 Å². The number of carboxylic acid groups (broad SMARTS) is 1. The minimum atomic E-state index is -1.00. The molecular weight excluding hydrogens is 326 g/mol. The number of carbonyl (C=O) groups is 2. The summed E-state index contributed by atoms with van der Waals surface area (Å²) in [4.78, 5) is 24.4. The minimum absolute atomic E-state index is 0.154. The summed E-state index contributed by atoms with van der Waals surface area (Å²) >= 11 is 3.36. The van der Waals surface area contributed by atoms with Crippen molar-refractivity contribution in [3.63, 3.8) is 0 Å². The van der Waals surface area contributed by atoms with Gasteiger partial charge in [0.05, 0.1) is 12.5 Å². The van der Waals surface area contributed by atoms with E-state index in [1.807, 2.05) is 24.3 Å². The third-order valence-electron chi connectivity index (χ3n) is 3.48. The van der Waals surface area contributed by atoms with Gasteiger partial charge in [0.15, 0.2) is 0 Å². The topological polar surface area (TPSA) is 66.8 Å². The number of esters is 1. The van der Waals surface area contributed by atoms with Crippen molar-refractivity contribution in [2.24, 2.45) is 5.92 Å². The second-order valence-corrected chi connectivity index (χ2v) is 5.62. The smallest absolute Gasteiger partial charge is 0.407 e. The number of benzene rings is 1. The number of ether oxygens (including phenoxy) is 1. The van der Waals surface area contributed by atoms with Crippen LogP contribution in [-0.2, 0) is 9.53 Å². The van der Waals surface area contributed by atoms with Crippen LogP contribution >= 0.6 is 15.9 Å². The molecule has 6 heteroatoms. The Labute approximate surface area is 125 Å². The van der Waals surface area contributed by atoms with Crippen LogP contribution in [0.4, 0.5) is 4.79 Å². The molecule has 0 saturated carbocycles. The van der Waals surface area contributed by atoms with Gasteiger partial charge in [-0.05, 0) is 24.6 Å². The highest BCUT2D eigenvalue weighted by molar-refractivity contribution is 9.10. The summed E-state index contributed by atoms with van der Waals surface area (Å²) in [5.41, 5.74) is 0.954. The van der Waals surface area contributed by atoms with Gasteiger partial charge in [-0.2, -0.15) is 0 Å². The Morgan fingerprint density at radius 3 is 2.55 bits per heavy atom. The Hall–Kier alpha value is -1.56. The van der Waals surface area contributed by atoms with Gasteiger partial charge >= 0.3 is 12.1 Å². The van der Waals surface area contributed by atoms with Gasteiger partial charge in [-0.15, -0.1) is 0 Å². The number of hydrogen-bond donors (Lipinski definition) is 1. The van der Waals surface area contributed by atoms with E-state index >= 15 is 0 Å². The largest absolute Gasteiger partial charge is 0.466 e. The molecule has 1 aliphatic rings. The van der Waals surface area contributed by atoms with Crippen molar-refractivity contribution in [2.75, 3.05) is 19.7 Å². The zero-order valence-corrected chi connectivity index (χ0v) is 12.7. The summed E-state index contributed by atoms with van der Waals surface area (Å²) in [6, 6.07) is 7.60. The molecule has 108 valence electrons. The lowest BCUT2D eigenvalue weighted by Crippen LogP contribution is -2.28. The number of rotatable bonds is 3. The summed E-state index contributed by atoms with van der Waals surface area (Å²) in [5, 5.41) is 9.12. The predicted octanol–water partition coefficient (Wildman–Crippen LogP) is 2.71. The van der Waals surface area contributed by atoms with Gasteiger partial charge < -0.3 is 14.7 Å². The van der Waals surface area contributed by atoms with Crippen molar-refractivity contribution < 1.29 is 19.4 Å². The number of amides is 1. The van der Waals surface area contributed by atoms with Crippen molar-refractivity contribution in [1.82, 2.24) is 4.90 Å². The van der Waals surface area contributed by atoms with Crippen LogP contribution in [0.5, 0.6) is 0 Å². The first-order valence-electron chi connectivity index (χ1n) is 6.43. The molecule has 0 spiro atoms. The fourth-order valence-corrected chi connectivity index (χ4v) is 2.76. The van der Waals surface area contributed by atoms with E-state index in [0.717, 1.165) is 10.0 Å². The van der Waals surface area contributed by atoms with Crippen molar-refractivity contribution in [3.8, 4) is 0 Å². The van der Waals surface area contributed by atoms with E-state index in [1.54, 1.807) is 6.92 Å². The van der Waals surface area contributed by atoms with E-state index in [9.17, 15) is 9.59 Å². The van der Waals surface area contributed by atoms with E-state index in [4.69, 9.17) is 9.84 Å². The molecule has 1 N–H and O–H groups in total. The van der Waals surface area contributed by atoms with Crippen LogP contribution in [-0.4, -0.2) is 41.8 Å². The van der Waals surface area contributed by atoms with Crippen LogP contribution in [0, 0.1) is 5.92 Å². The van der Waals surface area contributed by atoms with E-state index in [1.165, 1.54) is 4.90 Å². The van der Waals surface area contributed by atoms with Gasteiger partial charge in [-0.1, -0.05) is 28.1 Å². The predicted molar refractivity (Wildman–Crippen MR) is 76.6 cm³/mol. The standard InChI is InChI=1S/C14H16BrNO4/c1-2-20-13(17)12-8-16(14(18)19)7-11(12)9-3-5-10(15)6-4-9/h3-6,11-12H,2,7-8H2,1H3,(H,18,19)/t11-,12+/m1/s1. The summed E-state index contributed by atoms with van der Waals surface area (Å²) in [6.07, 6.45) is -1.00. The van der Waals surface area contributed by atoms with Gasteiger partial charge in [0, 0.05) is 23.5 Å². The third-order valence-corrected chi connectivity index (χ3v) is 4.01. The number of hydrogen-bond acceptors (Lipinski definition) is 3. The molecule has 1 aromatic rings. The van der Waals surface area contributed by atoms with Gasteiger partial charge in [-0.3, -0.25) is 4.79 Å². The normalized spacial score (nSPS) is 21.8. The maximum atomic E-state index is 12.0. The highest BCUT2D eigenvalue weighted by atomic mass is 79.9. The second-order valence-electron chi connectivity index (χ2n) is 4.70. The minimum Gasteiger partial charge on any atom is -0.466 e. The van der Waals surface area contributed by atoms with Crippen LogP contribution in [0.15, 0.2) is 28.7 Å². The first kappa shape index (κ1) is 14.8. The third kappa shape index (κ3) is 3.12. The van der Waals surface area contributed by atoms with Crippen LogP contribution < -0.4 is 0 Å². The molecule has 2 rings (SSSR count). The Balaban J connectivity index is 2.24. The van der Waals surface area contributed by atoms with Crippen LogP contribution in [0.1, 0.15) is 18.4 Å². The van der Waals surface area contributed by atoms with E-state index < -0.39 is 12.0 Å². The highest BCUT2D eigenvalue weighted by Crippen LogP contribution is 2.34.